The molecule has 0 saturated carbocycles. The van der Waals surface area contributed by atoms with Crippen molar-refractivity contribution in [3.8, 4) is 0 Å². The van der Waals surface area contributed by atoms with E-state index in [1.807, 2.05) is 6.92 Å². The van der Waals surface area contributed by atoms with E-state index in [0.29, 0.717) is 6.54 Å². The second-order valence-electron chi connectivity index (χ2n) is 3.20. The van der Waals surface area contributed by atoms with Crippen LogP contribution in [-0.2, 0) is 6.54 Å². The van der Waals surface area contributed by atoms with Gasteiger partial charge in [0.05, 0.1) is 16.5 Å². The number of nitrogens with two attached hydrogens (primary N) is 1. The van der Waals surface area contributed by atoms with E-state index in [9.17, 15) is 0 Å². The van der Waals surface area contributed by atoms with E-state index in [0.717, 1.165) is 19.6 Å². The summed E-state index contributed by atoms with van der Waals surface area (Å²) in [5.41, 5.74) is 6.90. The molecule has 0 spiro atoms. The van der Waals surface area contributed by atoms with E-state index in [4.69, 9.17) is 5.73 Å². The first-order valence-corrected chi connectivity index (χ1v) is 6.69. The van der Waals surface area contributed by atoms with E-state index in [-0.39, 0.29) is 0 Å². The number of hydrogen-bond acceptors (Lipinski definition) is 3. The monoisotopic (exact) mass is 349 g/mol. The molecule has 2 aromatic rings. The Kier molecular flexibility index (Phi) is 3.18. The zero-order valence-electron chi connectivity index (χ0n) is 8.00. The summed E-state index contributed by atoms with van der Waals surface area (Å²) in [7, 11) is 0. The molecule has 0 bridgehead atoms. The van der Waals surface area contributed by atoms with Gasteiger partial charge in [-0.05, 0) is 44.8 Å². The molecule has 2 rings (SSSR count). The summed E-state index contributed by atoms with van der Waals surface area (Å²) >= 11 is 8.60. The zero-order chi connectivity index (χ0) is 11.0. The molecular formula is C9H9Br2N3S. The fourth-order valence-electron chi connectivity index (χ4n) is 1.23. The average molecular weight is 351 g/mol. The summed E-state index contributed by atoms with van der Waals surface area (Å²) in [5, 5.41) is 4.22. The SMILES string of the molecule is Cc1cnn(Cc2cc(Br)c(Br)s2)c1N. The van der Waals surface area contributed by atoms with Crippen molar-refractivity contribution in [2.75, 3.05) is 5.73 Å². The maximum atomic E-state index is 5.88. The second-order valence-corrected chi connectivity index (χ2v) is 6.51. The number of nitrogen functional groups attached to an aromatic ring is 1. The lowest BCUT2D eigenvalue weighted by atomic mass is 10.4. The normalized spacial score (nSPS) is 10.9. The van der Waals surface area contributed by atoms with Gasteiger partial charge in [-0.3, -0.25) is 0 Å². The van der Waals surface area contributed by atoms with E-state index >= 15 is 0 Å². The minimum absolute atomic E-state index is 0.717. The van der Waals surface area contributed by atoms with Crippen LogP contribution in [0.5, 0.6) is 0 Å². The summed E-state index contributed by atoms with van der Waals surface area (Å²) < 4.78 is 3.98. The number of rotatable bonds is 2. The highest BCUT2D eigenvalue weighted by molar-refractivity contribution is 9.13. The molecule has 0 atom stereocenters. The molecule has 2 N–H and O–H groups in total. The number of nitrogens with zero attached hydrogens (tertiary/aromatic N) is 2. The van der Waals surface area contributed by atoms with Crippen LogP contribution in [0.4, 0.5) is 5.82 Å². The first-order chi connectivity index (χ1) is 7.08. The molecule has 2 aromatic heterocycles. The van der Waals surface area contributed by atoms with E-state index in [2.05, 4.69) is 43.0 Å². The highest BCUT2D eigenvalue weighted by Crippen LogP contribution is 2.32. The van der Waals surface area contributed by atoms with Crippen LogP contribution in [0.2, 0.25) is 0 Å². The van der Waals surface area contributed by atoms with Crippen LogP contribution >= 0.6 is 43.2 Å². The summed E-state index contributed by atoms with van der Waals surface area (Å²) in [6, 6.07) is 2.07. The summed E-state index contributed by atoms with van der Waals surface area (Å²) in [4.78, 5) is 1.21. The van der Waals surface area contributed by atoms with Crippen molar-refractivity contribution < 1.29 is 0 Å². The Morgan fingerprint density at radius 1 is 1.53 bits per heavy atom. The van der Waals surface area contributed by atoms with Crippen molar-refractivity contribution >= 4 is 49.0 Å². The van der Waals surface area contributed by atoms with Crippen LogP contribution in [0.15, 0.2) is 20.5 Å². The Hall–Kier alpha value is -0.330. The van der Waals surface area contributed by atoms with Crippen molar-refractivity contribution in [3.05, 3.63) is 31.0 Å². The third kappa shape index (κ3) is 2.26. The number of anilines is 1. The van der Waals surface area contributed by atoms with Gasteiger partial charge in [0.15, 0.2) is 0 Å². The Morgan fingerprint density at radius 2 is 2.27 bits per heavy atom. The minimum Gasteiger partial charge on any atom is -0.384 e. The third-order valence-electron chi connectivity index (χ3n) is 2.07. The zero-order valence-corrected chi connectivity index (χ0v) is 12.0. The summed E-state index contributed by atoms with van der Waals surface area (Å²) in [6.45, 7) is 2.67. The van der Waals surface area contributed by atoms with Crippen molar-refractivity contribution in [1.29, 1.82) is 0 Å². The molecule has 2 heterocycles. The van der Waals surface area contributed by atoms with Gasteiger partial charge in [0.1, 0.15) is 5.82 Å². The van der Waals surface area contributed by atoms with Crippen LogP contribution in [0, 0.1) is 6.92 Å². The predicted molar refractivity (Wildman–Crippen MR) is 70.2 cm³/mol. The van der Waals surface area contributed by atoms with E-state index in [1.165, 1.54) is 4.88 Å². The molecule has 0 aliphatic carbocycles. The molecule has 80 valence electrons. The first kappa shape index (κ1) is 11.2. The molecule has 15 heavy (non-hydrogen) atoms. The number of aromatic nitrogens is 2. The molecule has 0 aliphatic heterocycles. The molecule has 3 nitrogen and oxygen atoms in total. The fraction of sp³-hybridized carbons (Fsp3) is 0.222. The van der Waals surface area contributed by atoms with Crippen LogP contribution in [0.25, 0.3) is 0 Å². The lowest BCUT2D eigenvalue weighted by Gasteiger charge is -2.01. The molecule has 0 radical (unpaired) electrons. The minimum atomic E-state index is 0.717. The van der Waals surface area contributed by atoms with Crippen LogP contribution < -0.4 is 5.73 Å². The van der Waals surface area contributed by atoms with Gasteiger partial charge in [-0.2, -0.15) is 5.10 Å². The molecule has 0 saturated heterocycles. The Bertz CT molecular complexity index is 470. The van der Waals surface area contributed by atoms with Crippen molar-refractivity contribution in [2.45, 2.75) is 13.5 Å². The van der Waals surface area contributed by atoms with Gasteiger partial charge in [-0.15, -0.1) is 11.3 Å². The molecule has 6 heteroatoms. The molecule has 0 fully saturated rings. The second kappa shape index (κ2) is 4.27. The largest absolute Gasteiger partial charge is 0.384 e. The molecular weight excluding hydrogens is 342 g/mol. The smallest absolute Gasteiger partial charge is 0.125 e. The highest BCUT2D eigenvalue weighted by Gasteiger charge is 2.08. The van der Waals surface area contributed by atoms with Gasteiger partial charge < -0.3 is 5.73 Å². The van der Waals surface area contributed by atoms with Gasteiger partial charge in [-0.1, -0.05) is 0 Å². The topological polar surface area (TPSA) is 43.8 Å². The van der Waals surface area contributed by atoms with E-state index in [1.54, 1.807) is 22.2 Å². The molecule has 0 amide bonds. The van der Waals surface area contributed by atoms with Crippen LogP contribution in [-0.4, -0.2) is 9.78 Å². The number of aryl methyl sites for hydroxylation is 1. The van der Waals surface area contributed by atoms with Gasteiger partial charge in [0.2, 0.25) is 0 Å². The van der Waals surface area contributed by atoms with E-state index < -0.39 is 0 Å². The lowest BCUT2D eigenvalue weighted by molar-refractivity contribution is 0.705. The molecule has 0 aliphatic rings. The Morgan fingerprint density at radius 3 is 2.73 bits per heavy atom. The number of thiophene rings is 1. The van der Waals surface area contributed by atoms with Crippen molar-refractivity contribution in [2.24, 2.45) is 0 Å². The molecule has 0 aromatic carbocycles. The third-order valence-corrected chi connectivity index (χ3v) is 5.32. The predicted octanol–water partition coefficient (Wildman–Crippen LogP) is 3.41. The summed E-state index contributed by atoms with van der Waals surface area (Å²) in [6.07, 6.45) is 1.78. The number of hydrogen-bond donors (Lipinski definition) is 1. The van der Waals surface area contributed by atoms with Gasteiger partial charge in [-0.25, -0.2) is 4.68 Å². The van der Waals surface area contributed by atoms with Crippen LogP contribution in [0.3, 0.4) is 0 Å². The van der Waals surface area contributed by atoms with Gasteiger partial charge in [0.25, 0.3) is 0 Å². The highest BCUT2D eigenvalue weighted by atomic mass is 79.9. The summed E-state index contributed by atoms with van der Waals surface area (Å²) in [5.74, 6) is 0.732. The van der Waals surface area contributed by atoms with Gasteiger partial charge >= 0.3 is 0 Å². The first-order valence-electron chi connectivity index (χ1n) is 4.29. The van der Waals surface area contributed by atoms with Crippen molar-refractivity contribution in [3.63, 3.8) is 0 Å². The Balaban J connectivity index is 2.25. The van der Waals surface area contributed by atoms with Crippen LogP contribution in [0.1, 0.15) is 10.4 Å². The lowest BCUT2D eigenvalue weighted by Crippen LogP contribution is -2.04. The maximum absolute atomic E-state index is 5.88. The maximum Gasteiger partial charge on any atom is 0.125 e. The average Bonchev–Trinajstić information content (AvgIpc) is 2.65. The molecule has 0 unspecified atom stereocenters. The standard InChI is InChI=1S/C9H9Br2N3S/c1-5-3-13-14(9(5)12)4-6-2-7(10)8(11)15-6/h2-3H,4,12H2,1H3. The van der Waals surface area contributed by atoms with Crippen molar-refractivity contribution in [1.82, 2.24) is 9.78 Å². The quantitative estimate of drug-likeness (QED) is 0.901. The van der Waals surface area contributed by atoms with Gasteiger partial charge in [0, 0.05) is 14.9 Å². The fourth-order valence-corrected chi connectivity index (χ4v) is 3.39. The number of halogens is 2. The Labute approximate surface area is 109 Å².